The first-order valence-electron chi connectivity index (χ1n) is 13.7. The third kappa shape index (κ3) is 5.95. The van der Waals surface area contributed by atoms with Crippen LogP contribution in [-0.4, -0.2) is 66.5 Å². The van der Waals surface area contributed by atoms with Crippen molar-refractivity contribution in [3.63, 3.8) is 0 Å². The maximum atomic E-state index is 12.8. The average Bonchev–Trinajstić information content (AvgIpc) is 3.26. The van der Waals surface area contributed by atoms with E-state index in [9.17, 15) is 14.4 Å². The Hall–Kier alpha value is -3.96. The molecule has 0 unspecified atom stereocenters. The highest BCUT2D eigenvalue weighted by atomic mass is 16.6. The Bertz CT molecular complexity index is 1460. The summed E-state index contributed by atoms with van der Waals surface area (Å²) in [6.07, 6.45) is 1.60. The van der Waals surface area contributed by atoms with Gasteiger partial charge in [-0.3, -0.25) is 14.5 Å². The van der Waals surface area contributed by atoms with E-state index in [4.69, 9.17) is 9.47 Å². The van der Waals surface area contributed by atoms with Crippen LogP contribution in [0.25, 0.3) is 10.9 Å². The van der Waals surface area contributed by atoms with Crippen molar-refractivity contribution in [2.24, 2.45) is 0 Å². The van der Waals surface area contributed by atoms with Crippen molar-refractivity contribution in [1.29, 1.82) is 0 Å². The third-order valence-corrected chi connectivity index (χ3v) is 7.51. The number of carbonyl (C=O) groups excluding carboxylic acids is 2. The number of pyridine rings is 2. The van der Waals surface area contributed by atoms with Gasteiger partial charge in [0.25, 0.3) is 5.56 Å². The molecular formula is C29H36N6O5. The van der Waals surface area contributed by atoms with Crippen LogP contribution in [0.2, 0.25) is 0 Å². The van der Waals surface area contributed by atoms with Gasteiger partial charge in [-0.2, -0.15) is 0 Å². The molecule has 11 heteroatoms. The molecule has 2 aromatic heterocycles. The van der Waals surface area contributed by atoms with Gasteiger partial charge in [0.2, 0.25) is 5.91 Å². The summed E-state index contributed by atoms with van der Waals surface area (Å²) in [4.78, 5) is 43.3. The molecule has 11 nitrogen and oxygen atoms in total. The predicted molar refractivity (Wildman–Crippen MR) is 153 cm³/mol. The second-order valence-electron chi connectivity index (χ2n) is 10.3. The number of benzene rings is 1. The molecule has 2 amide bonds. The Morgan fingerprint density at radius 2 is 1.95 bits per heavy atom. The van der Waals surface area contributed by atoms with E-state index in [1.807, 2.05) is 44.3 Å². The van der Waals surface area contributed by atoms with Crippen molar-refractivity contribution >= 4 is 34.5 Å². The van der Waals surface area contributed by atoms with E-state index in [1.165, 1.54) is 6.92 Å². The highest BCUT2D eigenvalue weighted by molar-refractivity contribution is 5.92. The van der Waals surface area contributed by atoms with Crippen LogP contribution in [0, 0.1) is 6.92 Å². The van der Waals surface area contributed by atoms with Gasteiger partial charge in [0.15, 0.2) is 0 Å². The zero-order valence-corrected chi connectivity index (χ0v) is 23.1. The zero-order chi connectivity index (χ0) is 28.2. The average molecular weight is 549 g/mol. The number of hydrogen-bond acceptors (Lipinski definition) is 8. The molecule has 3 atom stereocenters. The van der Waals surface area contributed by atoms with Gasteiger partial charge in [-0.25, -0.2) is 9.78 Å². The van der Waals surface area contributed by atoms with Gasteiger partial charge >= 0.3 is 6.09 Å². The molecule has 212 valence electrons. The summed E-state index contributed by atoms with van der Waals surface area (Å²) in [6, 6.07) is 12.9. The molecule has 1 aliphatic carbocycles. The molecule has 1 aromatic carbocycles. The zero-order valence-electron chi connectivity index (χ0n) is 23.1. The number of ether oxygens (including phenoxy) is 2. The van der Waals surface area contributed by atoms with E-state index in [0.29, 0.717) is 37.8 Å². The first-order chi connectivity index (χ1) is 19.3. The maximum absolute atomic E-state index is 12.8. The van der Waals surface area contributed by atoms with E-state index < -0.39 is 6.09 Å². The lowest BCUT2D eigenvalue weighted by Crippen LogP contribution is -2.46. The SMILES string of the molecule is CNCCOc1ccc2ccc(=O)n(CCN[C@@H]3CC[C@@H]4[C@@H](C3)OC(=O)N4c3ccc(C)c(NC(C)=O)n3)c2c1. The Labute approximate surface area is 232 Å². The number of fused-ring (bicyclic) bond motifs is 2. The van der Waals surface area contributed by atoms with Gasteiger partial charge in [-0.1, -0.05) is 6.07 Å². The fourth-order valence-electron chi connectivity index (χ4n) is 5.49. The lowest BCUT2D eigenvalue weighted by molar-refractivity contribution is -0.114. The van der Waals surface area contributed by atoms with Crippen molar-refractivity contribution in [3.8, 4) is 5.75 Å². The summed E-state index contributed by atoms with van der Waals surface area (Å²) in [5, 5.41) is 10.3. The van der Waals surface area contributed by atoms with Crippen LogP contribution in [-0.2, 0) is 16.1 Å². The molecule has 5 rings (SSSR count). The number of aryl methyl sites for hydroxylation is 1. The number of amides is 2. The Balaban J connectivity index is 1.22. The van der Waals surface area contributed by atoms with Crippen molar-refractivity contribution in [1.82, 2.24) is 20.2 Å². The lowest BCUT2D eigenvalue weighted by Gasteiger charge is -2.33. The van der Waals surface area contributed by atoms with Gasteiger partial charge in [0.1, 0.15) is 30.1 Å². The number of aromatic nitrogens is 2. The molecule has 2 fully saturated rings. The second-order valence-corrected chi connectivity index (χ2v) is 10.3. The smallest absolute Gasteiger partial charge is 0.416 e. The number of rotatable bonds is 10. The number of likely N-dealkylation sites (N-methyl/N-ethyl adjacent to an activating group) is 1. The van der Waals surface area contributed by atoms with Crippen molar-refractivity contribution < 1.29 is 19.1 Å². The first-order valence-corrected chi connectivity index (χ1v) is 13.7. The van der Waals surface area contributed by atoms with Crippen LogP contribution in [0.15, 0.2) is 47.3 Å². The van der Waals surface area contributed by atoms with Crippen molar-refractivity contribution in [3.05, 3.63) is 58.4 Å². The third-order valence-electron chi connectivity index (χ3n) is 7.51. The van der Waals surface area contributed by atoms with E-state index in [1.54, 1.807) is 21.6 Å². The number of carbonyl (C=O) groups is 2. The minimum atomic E-state index is -0.421. The summed E-state index contributed by atoms with van der Waals surface area (Å²) in [6.45, 7) is 5.67. The quantitative estimate of drug-likeness (QED) is 0.330. The molecule has 0 radical (unpaired) electrons. The largest absolute Gasteiger partial charge is 0.492 e. The summed E-state index contributed by atoms with van der Waals surface area (Å²) >= 11 is 0. The Morgan fingerprint density at radius 3 is 2.75 bits per heavy atom. The fourth-order valence-corrected chi connectivity index (χ4v) is 5.49. The van der Waals surface area contributed by atoms with E-state index in [2.05, 4.69) is 20.9 Å². The van der Waals surface area contributed by atoms with Crippen LogP contribution in [0.4, 0.5) is 16.4 Å². The van der Waals surface area contributed by atoms with Gasteiger partial charge in [-0.05, 0) is 62.0 Å². The van der Waals surface area contributed by atoms with Crippen LogP contribution in [0.5, 0.6) is 5.75 Å². The molecule has 0 spiro atoms. The lowest BCUT2D eigenvalue weighted by atomic mass is 9.88. The number of nitrogens with zero attached hydrogens (tertiary/aromatic N) is 3. The molecule has 0 bridgehead atoms. The molecule has 1 saturated heterocycles. The van der Waals surface area contributed by atoms with Crippen LogP contribution >= 0.6 is 0 Å². The predicted octanol–water partition coefficient (Wildman–Crippen LogP) is 2.80. The van der Waals surface area contributed by atoms with Gasteiger partial charge < -0.3 is 30.0 Å². The number of anilines is 2. The molecular weight excluding hydrogens is 512 g/mol. The maximum Gasteiger partial charge on any atom is 0.416 e. The molecule has 40 heavy (non-hydrogen) atoms. The van der Waals surface area contributed by atoms with E-state index in [0.717, 1.165) is 41.6 Å². The summed E-state index contributed by atoms with van der Waals surface area (Å²) in [7, 11) is 1.87. The number of hydrogen-bond donors (Lipinski definition) is 3. The standard InChI is InChI=1S/C29H36N6O5/c1-18-4-10-26(33-28(18)32-19(2)36)35-23-9-7-21(16-25(23)40-29(35)38)31-12-14-34-24-17-22(39-15-13-30-3)8-5-20(24)6-11-27(34)37/h4-6,8,10-11,17,21,23,25,30-31H,7,9,12-16H2,1-3H3,(H,32,33,36)/t21-,23-,25-/m1/s1. The molecule has 2 aliphatic rings. The van der Waals surface area contributed by atoms with E-state index in [-0.39, 0.29) is 29.7 Å². The minimum Gasteiger partial charge on any atom is -0.492 e. The van der Waals surface area contributed by atoms with Gasteiger partial charge in [0.05, 0.1) is 11.6 Å². The fraction of sp³-hybridized carbons (Fsp3) is 0.448. The molecule has 3 aromatic rings. The Kier molecular flexibility index (Phi) is 8.32. The molecule has 3 heterocycles. The second kappa shape index (κ2) is 12.1. The minimum absolute atomic E-state index is 0.0602. The molecule has 3 N–H and O–H groups in total. The van der Waals surface area contributed by atoms with Crippen LogP contribution in [0.1, 0.15) is 31.7 Å². The molecule has 1 saturated carbocycles. The van der Waals surface area contributed by atoms with Crippen LogP contribution < -0.4 is 31.1 Å². The van der Waals surface area contributed by atoms with Crippen LogP contribution in [0.3, 0.4) is 0 Å². The van der Waals surface area contributed by atoms with Crippen molar-refractivity contribution in [2.45, 2.75) is 57.8 Å². The Morgan fingerprint density at radius 1 is 1.12 bits per heavy atom. The highest BCUT2D eigenvalue weighted by Crippen LogP contribution is 2.35. The van der Waals surface area contributed by atoms with E-state index >= 15 is 0 Å². The van der Waals surface area contributed by atoms with Crippen molar-refractivity contribution in [2.75, 3.05) is 37.0 Å². The first kappa shape index (κ1) is 27.6. The summed E-state index contributed by atoms with van der Waals surface area (Å²) in [5.74, 6) is 1.43. The normalized spacial score (nSPS) is 20.3. The van der Waals surface area contributed by atoms with Gasteiger partial charge in [-0.15, -0.1) is 0 Å². The summed E-state index contributed by atoms with van der Waals surface area (Å²) < 4.78 is 13.3. The number of nitrogens with one attached hydrogen (secondary N) is 3. The van der Waals surface area contributed by atoms with Gasteiger partial charge in [0, 0.05) is 51.2 Å². The monoisotopic (exact) mass is 548 g/mol. The summed E-state index contributed by atoms with van der Waals surface area (Å²) in [5.41, 5.74) is 1.60. The topological polar surface area (TPSA) is 127 Å². The molecule has 1 aliphatic heterocycles. The highest BCUT2D eigenvalue weighted by Gasteiger charge is 2.46.